The Balaban J connectivity index is 1.99. The number of nitriles is 1. The van der Waals surface area contributed by atoms with Gasteiger partial charge in [0, 0.05) is 25.7 Å². The average Bonchev–Trinajstić information content (AvgIpc) is 2.38. The van der Waals surface area contributed by atoms with Crippen molar-refractivity contribution in [3.63, 3.8) is 0 Å². The van der Waals surface area contributed by atoms with Gasteiger partial charge < -0.3 is 15.0 Å². The monoisotopic (exact) mass is 215 g/mol. The molecule has 1 aromatic carbocycles. The minimum absolute atomic E-state index is 0.425. The second-order valence-corrected chi connectivity index (χ2v) is 4.16. The van der Waals surface area contributed by atoms with Crippen LogP contribution in [0.25, 0.3) is 0 Å². The number of fused-ring (bicyclic) bond motifs is 3. The number of hydrogen-bond donors (Lipinski definition) is 1. The lowest BCUT2D eigenvalue weighted by Gasteiger charge is -2.41. The fraction of sp³-hybridized carbons (Fsp3) is 0.417. The third-order valence-corrected chi connectivity index (χ3v) is 3.18. The van der Waals surface area contributed by atoms with Crippen LogP contribution in [0.3, 0.4) is 0 Å². The molecular formula is C12H13N3O. The highest BCUT2D eigenvalue weighted by atomic mass is 16.5. The Labute approximate surface area is 94.4 Å². The summed E-state index contributed by atoms with van der Waals surface area (Å²) in [5, 5.41) is 12.2. The summed E-state index contributed by atoms with van der Waals surface area (Å²) in [5.74, 6) is 0.845. The van der Waals surface area contributed by atoms with Crippen molar-refractivity contribution >= 4 is 5.69 Å². The van der Waals surface area contributed by atoms with E-state index in [-0.39, 0.29) is 0 Å². The number of benzene rings is 1. The molecule has 2 heterocycles. The van der Waals surface area contributed by atoms with Gasteiger partial charge in [-0.25, -0.2) is 0 Å². The van der Waals surface area contributed by atoms with Gasteiger partial charge in [0.25, 0.3) is 0 Å². The predicted molar refractivity (Wildman–Crippen MR) is 60.7 cm³/mol. The predicted octanol–water partition coefficient (Wildman–Crippen LogP) is 0.729. The Kier molecular flexibility index (Phi) is 2.19. The molecule has 0 aromatic heterocycles. The van der Waals surface area contributed by atoms with Gasteiger partial charge in [0.2, 0.25) is 0 Å². The molecule has 1 aromatic rings. The highest BCUT2D eigenvalue weighted by Gasteiger charge is 2.29. The fourth-order valence-electron chi connectivity index (χ4n) is 2.35. The first-order chi connectivity index (χ1) is 7.88. The lowest BCUT2D eigenvalue weighted by Crippen LogP contribution is -2.55. The van der Waals surface area contributed by atoms with Crippen molar-refractivity contribution in [1.29, 1.82) is 5.26 Å². The molecule has 1 N–H and O–H groups in total. The van der Waals surface area contributed by atoms with Crippen LogP contribution >= 0.6 is 0 Å². The molecule has 1 atom stereocenters. The van der Waals surface area contributed by atoms with E-state index < -0.39 is 0 Å². The van der Waals surface area contributed by atoms with Crippen molar-refractivity contribution in [2.75, 3.05) is 31.1 Å². The van der Waals surface area contributed by atoms with Crippen molar-refractivity contribution in [2.45, 2.75) is 6.04 Å². The van der Waals surface area contributed by atoms with Gasteiger partial charge >= 0.3 is 0 Å². The third-order valence-electron chi connectivity index (χ3n) is 3.18. The Morgan fingerprint density at radius 2 is 2.44 bits per heavy atom. The number of rotatable bonds is 0. The van der Waals surface area contributed by atoms with Gasteiger partial charge in [-0.2, -0.15) is 5.26 Å². The van der Waals surface area contributed by atoms with Crippen LogP contribution in [0, 0.1) is 11.3 Å². The minimum atomic E-state index is 0.425. The maximum absolute atomic E-state index is 8.84. The van der Waals surface area contributed by atoms with Crippen molar-refractivity contribution < 1.29 is 4.74 Å². The average molecular weight is 215 g/mol. The van der Waals surface area contributed by atoms with Gasteiger partial charge in [0.05, 0.1) is 23.4 Å². The first-order valence-electron chi connectivity index (χ1n) is 5.53. The van der Waals surface area contributed by atoms with Gasteiger partial charge in [0.15, 0.2) is 0 Å². The normalized spacial score (nSPS) is 22.7. The molecule has 1 saturated heterocycles. The standard InChI is InChI=1S/C12H13N3O/c13-6-9-1-2-11-12(5-9)16-8-10-7-14-3-4-15(10)11/h1-2,5,10,14H,3-4,7-8H2. The van der Waals surface area contributed by atoms with Crippen LogP contribution in [0.5, 0.6) is 5.75 Å². The summed E-state index contributed by atoms with van der Waals surface area (Å²) >= 11 is 0. The zero-order valence-electron chi connectivity index (χ0n) is 8.94. The van der Waals surface area contributed by atoms with Crippen LogP contribution in [-0.2, 0) is 0 Å². The van der Waals surface area contributed by atoms with Gasteiger partial charge in [0.1, 0.15) is 12.4 Å². The first-order valence-corrected chi connectivity index (χ1v) is 5.53. The Hall–Kier alpha value is -1.73. The SMILES string of the molecule is N#Cc1ccc2c(c1)OCC1CNCCN21. The molecule has 3 rings (SSSR count). The largest absolute Gasteiger partial charge is 0.489 e. The summed E-state index contributed by atoms with van der Waals surface area (Å²) < 4.78 is 5.70. The summed E-state index contributed by atoms with van der Waals surface area (Å²) in [7, 11) is 0. The van der Waals surface area contributed by atoms with Crippen LogP contribution in [0.2, 0.25) is 0 Å². The van der Waals surface area contributed by atoms with Crippen LogP contribution < -0.4 is 15.0 Å². The van der Waals surface area contributed by atoms with E-state index in [1.165, 1.54) is 0 Å². The van der Waals surface area contributed by atoms with Gasteiger partial charge in [-0.15, -0.1) is 0 Å². The Bertz CT molecular complexity index is 452. The van der Waals surface area contributed by atoms with Crippen molar-refractivity contribution in [1.82, 2.24) is 5.32 Å². The zero-order valence-corrected chi connectivity index (χ0v) is 8.94. The smallest absolute Gasteiger partial charge is 0.144 e. The molecule has 1 unspecified atom stereocenters. The van der Waals surface area contributed by atoms with Gasteiger partial charge in [-0.1, -0.05) is 0 Å². The molecule has 0 radical (unpaired) electrons. The van der Waals surface area contributed by atoms with Crippen molar-refractivity contribution in [2.24, 2.45) is 0 Å². The number of hydrogen-bond acceptors (Lipinski definition) is 4. The van der Waals surface area contributed by atoms with E-state index in [0.29, 0.717) is 18.2 Å². The van der Waals surface area contributed by atoms with Crippen LogP contribution in [-0.4, -0.2) is 32.3 Å². The molecule has 16 heavy (non-hydrogen) atoms. The lowest BCUT2D eigenvalue weighted by atomic mass is 10.1. The number of piperazine rings is 1. The van der Waals surface area contributed by atoms with Crippen molar-refractivity contribution in [3.05, 3.63) is 23.8 Å². The second kappa shape index (κ2) is 3.69. The zero-order chi connectivity index (χ0) is 11.0. The quantitative estimate of drug-likeness (QED) is 0.693. The highest BCUT2D eigenvalue weighted by Crippen LogP contribution is 2.34. The highest BCUT2D eigenvalue weighted by molar-refractivity contribution is 5.63. The number of nitrogens with zero attached hydrogens (tertiary/aromatic N) is 2. The van der Waals surface area contributed by atoms with Crippen LogP contribution in [0.1, 0.15) is 5.56 Å². The summed E-state index contributed by atoms with van der Waals surface area (Å²) in [5.41, 5.74) is 1.78. The molecule has 82 valence electrons. The number of anilines is 1. The third kappa shape index (κ3) is 1.41. The van der Waals surface area contributed by atoms with E-state index in [9.17, 15) is 0 Å². The fourth-order valence-corrected chi connectivity index (χ4v) is 2.35. The molecule has 0 aliphatic carbocycles. The molecule has 0 saturated carbocycles. The molecule has 4 nitrogen and oxygen atoms in total. The Morgan fingerprint density at radius 1 is 1.50 bits per heavy atom. The van der Waals surface area contributed by atoms with E-state index in [1.54, 1.807) is 0 Å². The minimum Gasteiger partial charge on any atom is -0.489 e. The molecule has 0 spiro atoms. The Morgan fingerprint density at radius 3 is 3.31 bits per heavy atom. The molecular weight excluding hydrogens is 202 g/mol. The van der Waals surface area contributed by atoms with Crippen LogP contribution in [0.15, 0.2) is 18.2 Å². The van der Waals surface area contributed by atoms with E-state index in [1.807, 2.05) is 18.2 Å². The number of ether oxygens (including phenoxy) is 1. The summed E-state index contributed by atoms with van der Waals surface area (Å²) in [6.45, 7) is 3.69. The molecule has 0 amide bonds. The molecule has 2 aliphatic rings. The van der Waals surface area contributed by atoms with E-state index >= 15 is 0 Å². The van der Waals surface area contributed by atoms with Crippen molar-refractivity contribution in [3.8, 4) is 11.8 Å². The molecule has 1 fully saturated rings. The summed E-state index contributed by atoms with van der Waals surface area (Å²) in [6, 6.07) is 8.24. The van der Waals surface area contributed by atoms with E-state index in [4.69, 9.17) is 10.00 Å². The van der Waals surface area contributed by atoms with Gasteiger partial charge in [-0.05, 0) is 12.1 Å². The van der Waals surface area contributed by atoms with Crippen LogP contribution in [0.4, 0.5) is 5.69 Å². The molecule has 0 bridgehead atoms. The second-order valence-electron chi connectivity index (χ2n) is 4.16. The summed E-state index contributed by atoms with van der Waals surface area (Å²) in [4.78, 5) is 2.37. The van der Waals surface area contributed by atoms with E-state index in [2.05, 4.69) is 16.3 Å². The lowest BCUT2D eigenvalue weighted by molar-refractivity contribution is 0.247. The summed E-state index contributed by atoms with van der Waals surface area (Å²) in [6.07, 6.45) is 0. The van der Waals surface area contributed by atoms with E-state index in [0.717, 1.165) is 31.1 Å². The maximum atomic E-state index is 8.84. The maximum Gasteiger partial charge on any atom is 0.144 e. The molecule has 4 heteroatoms. The number of nitrogens with one attached hydrogen (secondary N) is 1. The first kappa shape index (κ1) is 9.49. The molecule has 2 aliphatic heterocycles. The topological polar surface area (TPSA) is 48.3 Å². The van der Waals surface area contributed by atoms with Gasteiger partial charge in [-0.3, -0.25) is 0 Å².